The minimum atomic E-state index is 0.0586. The van der Waals surface area contributed by atoms with E-state index in [-0.39, 0.29) is 11.9 Å². The van der Waals surface area contributed by atoms with Crippen LogP contribution in [0.2, 0.25) is 0 Å². The summed E-state index contributed by atoms with van der Waals surface area (Å²) in [6.07, 6.45) is 2.14. The summed E-state index contributed by atoms with van der Waals surface area (Å²) in [5.41, 5.74) is 0. The van der Waals surface area contributed by atoms with Crippen LogP contribution in [-0.2, 0) is 16.1 Å². The summed E-state index contributed by atoms with van der Waals surface area (Å²) < 4.78 is 7.59. The lowest BCUT2D eigenvalue weighted by Gasteiger charge is -2.28. The number of carbonyl (C=O) groups is 1. The zero-order valence-electron chi connectivity index (χ0n) is 17.4. The molecule has 0 aromatic carbocycles. The van der Waals surface area contributed by atoms with Crippen molar-refractivity contribution in [3.8, 4) is 0 Å². The van der Waals surface area contributed by atoms with E-state index in [4.69, 9.17) is 4.74 Å². The number of aromatic nitrogens is 3. The molecule has 2 rings (SSSR count). The van der Waals surface area contributed by atoms with E-state index in [1.165, 1.54) is 11.8 Å². The van der Waals surface area contributed by atoms with Crippen LogP contribution in [0.1, 0.15) is 47.5 Å². The highest BCUT2D eigenvalue weighted by Gasteiger charge is 2.21. The van der Waals surface area contributed by atoms with Gasteiger partial charge in [0.1, 0.15) is 0 Å². The van der Waals surface area contributed by atoms with Gasteiger partial charge in [-0.3, -0.25) is 9.36 Å². The Bertz CT molecular complexity index is 585. The molecule has 1 saturated heterocycles. The van der Waals surface area contributed by atoms with Crippen molar-refractivity contribution < 1.29 is 9.53 Å². The third-order valence-corrected chi connectivity index (χ3v) is 5.42. The summed E-state index contributed by atoms with van der Waals surface area (Å²) in [5.74, 6) is 2.45. The maximum absolute atomic E-state index is 12.3. The average molecular weight is 398 g/mol. The molecule has 0 spiro atoms. The predicted molar refractivity (Wildman–Crippen MR) is 110 cm³/mol. The Morgan fingerprint density at radius 2 is 1.81 bits per heavy atom. The topological polar surface area (TPSA) is 72.3 Å². The molecule has 0 radical (unpaired) electrons. The summed E-state index contributed by atoms with van der Waals surface area (Å²) >= 11 is 1.47. The zero-order chi connectivity index (χ0) is 19.8. The van der Waals surface area contributed by atoms with Crippen LogP contribution in [0.25, 0.3) is 0 Å². The van der Waals surface area contributed by atoms with E-state index in [2.05, 4.69) is 59.6 Å². The number of ether oxygens (including phenoxy) is 1. The minimum Gasteiger partial charge on any atom is -0.378 e. The van der Waals surface area contributed by atoms with Crippen LogP contribution >= 0.6 is 11.8 Å². The van der Waals surface area contributed by atoms with Crippen molar-refractivity contribution in [2.75, 3.05) is 37.0 Å². The van der Waals surface area contributed by atoms with Gasteiger partial charge in [0, 0.05) is 25.7 Å². The smallest absolute Gasteiger partial charge is 0.230 e. The molecule has 1 aromatic rings. The molecule has 1 aromatic heterocycles. The standard InChI is InChI=1S/C19H35N5O2S/c1-14(2)6-7-16(5)20-17(25)13-27-19-22-21-18(24(19)12-15(3)4)23-8-10-26-11-9-23/h14-16H,6-13H2,1-5H3,(H,20,25)/t16-/m1/s1. The fourth-order valence-corrected chi connectivity index (χ4v) is 3.77. The van der Waals surface area contributed by atoms with Crippen molar-refractivity contribution in [2.24, 2.45) is 11.8 Å². The Hall–Kier alpha value is -1.28. The summed E-state index contributed by atoms with van der Waals surface area (Å²) in [7, 11) is 0. The van der Waals surface area contributed by atoms with Gasteiger partial charge in [-0.05, 0) is 31.6 Å². The first-order valence-corrected chi connectivity index (χ1v) is 11.0. The van der Waals surface area contributed by atoms with Crippen LogP contribution in [0.15, 0.2) is 5.16 Å². The van der Waals surface area contributed by atoms with Crippen molar-refractivity contribution in [1.29, 1.82) is 0 Å². The lowest BCUT2D eigenvalue weighted by Crippen LogP contribution is -2.38. The molecule has 1 aliphatic heterocycles. The van der Waals surface area contributed by atoms with Crippen molar-refractivity contribution in [3.63, 3.8) is 0 Å². The number of amides is 1. The van der Waals surface area contributed by atoms with Crippen LogP contribution in [-0.4, -0.2) is 58.8 Å². The van der Waals surface area contributed by atoms with Crippen molar-refractivity contribution in [1.82, 2.24) is 20.1 Å². The van der Waals surface area contributed by atoms with E-state index >= 15 is 0 Å². The SMILES string of the molecule is CC(C)CC[C@@H](C)NC(=O)CSc1nnc(N2CCOCC2)n1CC(C)C. The monoisotopic (exact) mass is 397 g/mol. The lowest BCUT2D eigenvalue weighted by atomic mass is 10.0. The van der Waals surface area contributed by atoms with Gasteiger partial charge in [0.05, 0.1) is 19.0 Å². The predicted octanol–water partition coefficient (Wildman–Crippen LogP) is 2.80. The van der Waals surface area contributed by atoms with Crippen LogP contribution in [0.5, 0.6) is 0 Å². The van der Waals surface area contributed by atoms with Gasteiger partial charge in [-0.25, -0.2) is 0 Å². The Labute approximate surface area is 167 Å². The Morgan fingerprint density at radius 3 is 2.44 bits per heavy atom. The Kier molecular flexibility index (Phi) is 8.89. The van der Waals surface area contributed by atoms with Gasteiger partial charge in [-0.15, -0.1) is 10.2 Å². The molecule has 8 heteroatoms. The average Bonchev–Trinajstić information content (AvgIpc) is 3.01. The molecule has 7 nitrogen and oxygen atoms in total. The summed E-state index contributed by atoms with van der Waals surface area (Å²) in [6.45, 7) is 14.8. The Balaban J connectivity index is 1.94. The quantitative estimate of drug-likeness (QED) is 0.612. The number of nitrogens with one attached hydrogen (secondary N) is 1. The second-order valence-electron chi connectivity index (χ2n) is 8.11. The molecule has 1 atom stereocenters. The molecule has 0 unspecified atom stereocenters. The molecule has 0 aliphatic carbocycles. The van der Waals surface area contributed by atoms with Gasteiger partial charge < -0.3 is 15.0 Å². The fourth-order valence-electron chi connectivity index (χ4n) is 3.01. The second kappa shape index (κ2) is 10.9. The zero-order valence-corrected chi connectivity index (χ0v) is 18.2. The maximum atomic E-state index is 12.3. The normalized spacial score (nSPS) is 16.2. The summed E-state index contributed by atoms with van der Waals surface area (Å²) in [5, 5.41) is 12.7. The molecular formula is C19H35N5O2S. The molecule has 0 saturated carbocycles. The highest BCUT2D eigenvalue weighted by molar-refractivity contribution is 7.99. The van der Waals surface area contributed by atoms with Gasteiger partial charge in [-0.2, -0.15) is 0 Å². The van der Waals surface area contributed by atoms with Gasteiger partial charge in [0.15, 0.2) is 5.16 Å². The number of morpholine rings is 1. The highest BCUT2D eigenvalue weighted by atomic mass is 32.2. The number of rotatable bonds is 10. The molecular weight excluding hydrogens is 362 g/mol. The van der Waals surface area contributed by atoms with E-state index in [1.807, 2.05) is 0 Å². The third-order valence-electron chi connectivity index (χ3n) is 4.46. The first-order valence-electron chi connectivity index (χ1n) is 10.0. The van der Waals surface area contributed by atoms with E-state index in [1.54, 1.807) is 0 Å². The summed E-state index contributed by atoms with van der Waals surface area (Å²) in [4.78, 5) is 14.5. The van der Waals surface area contributed by atoms with Crippen LogP contribution in [0, 0.1) is 11.8 Å². The van der Waals surface area contributed by atoms with Gasteiger partial charge in [0.2, 0.25) is 11.9 Å². The number of thioether (sulfide) groups is 1. The van der Waals surface area contributed by atoms with Crippen molar-refractivity contribution >= 4 is 23.6 Å². The first kappa shape index (κ1) is 22.0. The molecule has 2 heterocycles. The highest BCUT2D eigenvalue weighted by Crippen LogP contribution is 2.24. The lowest BCUT2D eigenvalue weighted by molar-refractivity contribution is -0.119. The molecule has 27 heavy (non-hydrogen) atoms. The van der Waals surface area contributed by atoms with Gasteiger partial charge in [-0.1, -0.05) is 39.5 Å². The summed E-state index contributed by atoms with van der Waals surface area (Å²) in [6, 6.07) is 0.206. The maximum Gasteiger partial charge on any atom is 0.230 e. The number of anilines is 1. The van der Waals surface area contributed by atoms with Crippen LogP contribution < -0.4 is 10.2 Å². The van der Waals surface area contributed by atoms with Crippen molar-refractivity contribution in [3.05, 3.63) is 0 Å². The largest absolute Gasteiger partial charge is 0.378 e. The van der Waals surface area contributed by atoms with Crippen LogP contribution in [0.4, 0.5) is 5.95 Å². The molecule has 1 amide bonds. The Morgan fingerprint density at radius 1 is 1.11 bits per heavy atom. The molecule has 0 bridgehead atoms. The molecule has 1 N–H and O–H groups in total. The van der Waals surface area contributed by atoms with E-state index < -0.39 is 0 Å². The van der Waals surface area contributed by atoms with E-state index in [0.717, 1.165) is 43.6 Å². The molecule has 1 fully saturated rings. The molecule has 1 aliphatic rings. The molecule has 154 valence electrons. The van der Waals surface area contributed by atoms with E-state index in [0.29, 0.717) is 30.8 Å². The number of carbonyl (C=O) groups excluding carboxylic acids is 1. The van der Waals surface area contributed by atoms with Crippen LogP contribution in [0.3, 0.4) is 0 Å². The number of hydrogen-bond donors (Lipinski definition) is 1. The van der Waals surface area contributed by atoms with Crippen molar-refractivity contribution in [2.45, 2.75) is 65.2 Å². The van der Waals surface area contributed by atoms with E-state index in [9.17, 15) is 4.79 Å². The first-order chi connectivity index (χ1) is 12.9. The number of hydrogen-bond acceptors (Lipinski definition) is 6. The third kappa shape index (κ3) is 7.33. The second-order valence-corrected chi connectivity index (χ2v) is 9.06. The van der Waals surface area contributed by atoms with Gasteiger partial charge >= 0.3 is 0 Å². The minimum absolute atomic E-state index is 0.0586. The fraction of sp³-hybridized carbons (Fsp3) is 0.842. The number of nitrogens with zero attached hydrogens (tertiary/aromatic N) is 4. The van der Waals surface area contributed by atoms with Gasteiger partial charge in [0.25, 0.3) is 0 Å².